The molecule has 1 aliphatic heterocycles. The van der Waals surface area contributed by atoms with Crippen molar-refractivity contribution >= 4 is 29.3 Å². The average Bonchev–Trinajstić information content (AvgIpc) is 3.36. The Kier molecular flexibility index (Phi) is 7.93. The van der Waals surface area contributed by atoms with Gasteiger partial charge in [0.2, 0.25) is 0 Å². The number of aryl methyl sites for hydroxylation is 1. The van der Waals surface area contributed by atoms with Gasteiger partial charge in [-0.15, -0.1) is 10.2 Å². The van der Waals surface area contributed by atoms with Gasteiger partial charge in [-0.05, 0) is 43.3 Å². The van der Waals surface area contributed by atoms with Crippen molar-refractivity contribution in [3.63, 3.8) is 0 Å². The number of carbonyl (C=O) groups is 1. The summed E-state index contributed by atoms with van der Waals surface area (Å²) in [6.07, 6.45) is 0. The summed E-state index contributed by atoms with van der Waals surface area (Å²) in [5.74, 6) is 1.45. The van der Waals surface area contributed by atoms with E-state index in [-0.39, 0.29) is 5.91 Å². The standard InChI is InChI=1S/C29H30ClN5OS/c1-3-33-15-17-34(18-16-33)28(36)26-10-5-4-7-23(26)20-37-29-32-31-27(22-13-11-21(2)12-14-22)35(29)25-9-6-8-24(30)19-25/h4-14,19H,3,15-18,20H2,1-2H3. The van der Waals surface area contributed by atoms with Crippen molar-refractivity contribution in [3.8, 4) is 17.1 Å². The molecule has 1 aliphatic rings. The maximum atomic E-state index is 13.4. The lowest BCUT2D eigenvalue weighted by atomic mass is 10.1. The van der Waals surface area contributed by atoms with Gasteiger partial charge in [-0.25, -0.2) is 0 Å². The Morgan fingerprint density at radius 3 is 2.43 bits per heavy atom. The molecule has 0 spiro atoms. The largest absolute Gasteiger partial charge is 0.336 e. The second-order valence-electron chi connectivity index (χ2n) is 9.16. The molecule has 0 bridgehead atoms. The molecule has 1 amide bonds. The molecule has 1 aromatic heterocycles. The van der Waals surface area contributed by atoms with Crippen LogP contribution in [0.5, 0.6) is 0 Å². The van der Waals surface area contributed by atoms with E-state index in [4.69, 9.17) is 11.6 Å². The molecule has 8 heteroatoms. The summed E-state index contributed by atoms with van der Waals surface area (Å²) < 4.78 is 2.04. The van der Waals surface area contributed by atoms with Crippen LogP contribution in [-0.2, 0) is 5.75 Å². The van der Waals surface area contributed by atoms with E-state index in [1.54, 1.807) is 11.8 Å². The fourth-order valence-electron chi connectivity index (χ4n) is 4.54. The van der Waals surface area contributed by atoms with Gasteiger partial charge in [0.25, 0.3) is 5.91 Å². The first-order valence-corrected chi connectivity index (χ1v) is 13.9. The van der Waals surface area contributed by atoms with Crippen LogP contribution in [0.4, 0.5) is 0 Å². The highest BCUT2D eigenvalue weighted by molar-refractivity contribution is 7.98. The van der Waals surface area contributed by atoms with Gasteiger partial charge in [0.15, 0.2) is 11.0 Å². The Balaban J connectivity index is 1.42. The van der Waals surface area contributed by atoms with E-state index in [1.165, 1.54) is 5.56 Å². The summed E-state index contributed by atoms with van der Waals surface area (Å²) >= 11 is 7.92. The summed E-state index contributed by atoms with van der Waals surface area (Å²) in [5, 5.41) is 10.5. The molecule has 1 saturated heterocycles. The number of thioether (sulfide) groups is 1. The molecule has 37 heavy (non-hydrogen) atoms. The predicted octanol–water partition coefficient (Wildman–Crippen LogP) is 5.97. The minimum absolute atomic E-state index is 0.101. The molecule has 0 N–H and O–H groups in total. The molecule has 190 valence electrons. The van der Waals surface area contributed by atoms with Crippen LogP contribution in [0.15, 0.2) is 78.0 Å². The normalized spacial score (nSPS) is 14.2. The topological polar surface area (TPSA) is 54.3 Å². The number of rotatable bonds is 7. The molecule has 4 aromatic rings. The van der Waals surface area contributed by atoms with Crippen molar-refractivity contribution in [3.05, 3.63) is 94.5 Å². The quantitative estimate of drug-likeness (QED) is 0.275. The van der Waals surface area contributed by atoms with Gasteiger partial charge >= 0.3 is 0 Å². The minimum Gasteiger partial charge on any atom is -0.336 e. The van der Waals surface area contributed by atoms with Crippen molar-refractivity contribution in [2.24, 2.45) is 0 Å². The van der Waals surface area contributed by atoms with E-state index < -0.39 is 0 Å². The second-order valence-corrected chi connectivity index (χ2v) is 10.5. The summed E-state index contributed by atoms with van der Waals surface area (Å²) in [6.45, 7) is 8.61. The van der Waals surface area contributed by atoms with Crippen LogP contribution in [0.1, 0.15) is 28.4 Å². The molecule has 2 heterocycles. The number of carbonyl (C=O) groups excluding carboxylic acids is 1. The smallest absolute Gasteiger partial charge is 0.254 e. The lowest BCUT2D eigenvalue weighted by Crippen LogP contribution is -2.48. The number of amides is 1. The highest BCUT2D eigenvalue weighted by Gasteiger charge is 2.24. The van der Waals surface area contributed by atoms with E-state index in [0.717, 1.165) is 66.1 Å². The van der Waals surface area contributed by atoms with Gasteiger partial charge in [0.05, 0.1) is 5.69 Å². The van der Waals surface area contributed by atoms with Crippen molar-refractivity contribution in [1.29, 1.82) is 0 Å². The van der Waals surface area contributed by atoms with Crippen LogP contribution < -0.4 is 0 Å². The third kappa shape index (κ3) is 5.74. The molecule has 0 aliphatic carbocycles. The zero-order valence-electron chi connectivity index (χ0n) is 21.1. The third-order valence-corrected chi connectivity index (χ3v) is 7.93. The molecule has 1 fully saturated rings. The van der Waals surface area contributed by atoms with Crippen LogP contribution in [0.25, 0.3) is 17.1 Å². The zero-order valence-corrected chi connectivity index (χ0v) is 22.7. The number of hydrogen-bond acceptors (Lipinski definition) is 5. The molecule has 5 rings (SSSR count). The van der Waals surface area contributed by atoms with Crippen molar-refractivity contribution in [1.82, 2.24) is 24.6 Å². The molecule has 0 radical (unpaired) electrons. The lowest BCUT2D eigenvalue weighted by molar-refractivity contribution is 0.0642. The number of likely N-dealkylation sites (N-methyl/N-ethyl adjacent to an activating group) is 1. The summed E-state index contributed by atoms with van der Waals surface area (Å²) in [7, 11) is 0. The maximum Gasteiger partial charge on any atom is 0.254 e. The fraction of sp³-hybridized carbons (Fsp3) is 0.276. The Hall–Kier alpha value is -3.13. The van der Waals surface area contributed by atoms with Gasteiger partial charge in [-0.1, -0.05) is 84.4 Å². The molecule has 0 atom stereocenters. The number of hydrogen-bond donors (Lipinski definition) is 0. The fourth-order valence-corrected chi connectivity index (χ4v) is 5.68. The molecule has 0 unspecified atom stereocenters. The molecular weight excluding hydrogens is 502 g/mol. The van der Waals surface area contributed by atoms with E-state index in [9.17, 15) is 4.79 Å². The number of benzene rings is 3. The number of aromatic nitrogens is 3. The Morgan fingerprint density at radius 1 is 0.946 bits per heavy atom. The summed E-state index contributed by atoms with van der Waals surface area (Å²) in [6, 6.07) is 23.9. The number of nitrogens with zero attached hydrogens (tertiary/aromatic N) is 5. The van der Waals surface area contributed by atoms with Crippen molar-refractivity contribution in [2.75, 3.05) is 32.7 Å². The van der Waals surface area contributed by atoms with Crippen molar-refractivity contribution < 1.29 is 4.79 Å². The van der Waals surface area contributed by atoms with Gasteiger partial charge in [0, 0.05) is 48.1 Å². The van der Waals surface area contributed by atoms with Crippen LogP contribution >= 0.6 is 23.4 Å². The van der Waals surface area contributed by atoms with E-state index in [2.05, 4.69) is 53.2 Å². The van der Waals surface area contributed by atoms with E-state index in [1.807, 2.05) is 58.0 Å². The second kappa shape index (κ2) is 11.5. The van der Waals surface area contributed by atoms with Gasteiger partial charge in [-0.3, -0.25) is 9.36 Å². The molecule has 6 nitrogen and oxygen atoms in total. The first-order valence-electron chi connectivity index (χ1n) is 12.5. The molecular formula is C29H30ClN5OS. The monoisotopic (exact) mass is 531 g/mol. The van der Waals surface area contributed by atoms with Gasteiger partial charge in [-0.2, -0.15) is 0 Å². The number of halogens is 1. The maximum absolute atomic E-state index is 13.4. The zero-order chi connectivity index (χ0) is 25.8. The Labute approximate surface area is 227 Å². The molecule has 0 saturated carbocycles. The first-order chi connectivity index (χ1) is 18.0. The summed E-state index contributed by atoms with van der Waals surface area (Å²) in [5.41, 5.74) is 4.81. The summed E-state index contributed by atoms with van der Waals surface area (Å²) in [4.78, 5) is 17.8. The van der Waals surface area contributed by atoms with Crippen molar-refractivity contribution in [2.45, 2.75) is 24.8 Å². The van der Waals surface area contributed by atoms with Crippen LogP contribution in [0.2, 0.25) is 5.02 Å². The van der Waals surface area contributed by atoms with Crippen LogP contribution in [0.3, 0.4) is 0 Å². The Bertz CT molecular complexity index is 1380. The predicted molar refractivity (Wildman–Crippen MR) is 151 cm³/mol. The van der Waals surface area contributed by atoms with Crippen LogP contribution in [0, 0.1) is 6.92 Å². The highest BCUT2D eigenvalue weighted by Crippen LogP contribution is 2.31. The molecule has 3 aromatic carbocycles. The van der Waals surface area contributed by atoms with Gasteiger partial charge < -0.3 is 9.80 Å². The van der Waals surface area contributed by atoms with Gasteiger partial charge in [0.1, 0.15) is 0 Å². The Morgan fingerprint density at radius 2 is 1.70 bits per heavy atom. The van der Waals surface area contributed by atoms with Crippen LogP contribution in [-0.4, -0.2) is 63.2 Å². The van der Waals surface area contributed by atoms with E-state index in [0.29, 0.717) is 10.8 Å². The first kappa shape index (κ1) is 25.5. The third-order valence-electron chi connectivity index (χ3n) is 6.72. The highest BCUT2D eigenvalue weighted by atomic mass is 35.5. The minimum atomic E-state index is 0.101. The average molecular weight is 532 g/mol. The number of piperazine rings is 1. The lowest BCUT2D eigenvalue weighted by Gasteiger charge is -2.34. The van der Waals surface area contributed by atoms with E-state index >= 15 is 0 Å². The SMILES string of the molecule is CCN1CCN(C(=O)c2ccccc2CSc2nnc(-c3ccc(C)cc3)n2-c2cccc(Cl)c2)CC1.